The zero-order chi connectivity index (χ0) is 18.6. The number of hydrogen-bond acceptors (Lipinski definition) is 4. The number of nitrogens with zero attached hydrogens (tertiary/aromatic N) is 2. The molecular weight excluding hydrogens is 342 g/mol. The minimum absolute atomic E-state index is 0.270. The average molecular weight is 361 g/mol. The van der Waals surface area contributed by atoms with E-state index < -0.39 is 0 Å². The van der Waals surface area contributed by atoms with Gasteiger partial charge in [-0.15, -0.1) is 0 Å². The summed E-state index contributed by atoms with van der Waals surface area (Å²) in [6.07, 6.45) is 3.59. The van der Waals surface area contributed by atoms with Gasteiger partial charge in [-0.3, -0.25) is 4.79 Å². The van der Waals surface area contributed by atoms with Crippen LogP contribution in [0.25, 0.3) is 16.7 Å². The Labute approximate surface area is 156 Å². The minimum atomic E-state index is -0.270. The van der Waals surface area contributed by atoms with Crippen molar-refractivity contribution in [2.24, 2.45) is 0 Å². The van der Waals surface area contributed by atoms with Gasteiger partial charge in [-0.2, -0.15) is 5.10 Å². The first-order valence-electron chi connectivity index (χ1n) is 8.63. The van der Waals surface area contributed by atoms with Gasteiger partial charge >= 0.3 is 0 Å². The molecule has 4 rings (SSSR count). The van der Waals surface area contributed by atoms with E-state index in [1.165, 1.54) is 0 Å². The monoisotopic (exact) mass is 361 g/mol. The van der Waals surface area contributed by atoms with Gasteiger partial charge in [-0.1, -0.05) is 36.4 Å². The summed E-state index contributed by atoms with van der Waals surface area (Å²) in [4.78, 5) is 12.8. The number of furan rings is 1. The molecule has 1 N–H and O–H groups in total. The number of methoxy groups -OCH3 is 1. The highest BCUT2D eigenvalue weighted by atomic mass is 16.5. The Morgan fingerprint density at radius 3 is 2.78 bits per heavy atom. The zero-order valence-corrected chi connectivity index (χ0v) is 14.9. The van der Waals surface area contributed by atoms with Crippen LogP contribution < -0.4 is 5.32 Å². The lowest BCUT2D eigenvalue weighted by atomic mass is 10.1. The molecule has 0 saturated carbocycles. The summed E-state index contributed by atoms with van der Waals surface area (Å²) in [5.74, 6) is 0.0168. The summed E-state index contributed by atoms with van der Waals surface area (Å²) in [5.41, 5.74) is 3.31. The third kappa shape index (κ3) is 3.35. The second-order valence-electron chi connectivity index (χ2n) is 6.10. The van der Waals surface area contributed by atoms with Gasteiger partial charge in [0.15, 0.2) is 5.76 Å². The van der Waals surface area contributed by atoms with Crippen molar-refractivity contribution >= 4 is 16.9 Å². The molecule has 27 heavy (non-hydrogen) atoms. The molecule has 0 fully saturated rings. The molecule has 2 heterocycles. The van der Waals surface area contributed by atoms with Gasteiger partial charge in [0.2, 0.25) is 0 Å². The number of benzene rings is 2. The number of aromatic nitrogens is 2. The molecule has 6 heteroatoms. The number of para-hydroxylation sites is 2. The maximum atomic E-state index is 12.8. The molecule has 0 bridgehead atoms. The highest BCUT2D eigenvalue weighted by Crippen LogP contribution is 2.26. The topological polar surface area (TPSA) is 69.3 Å². The van der Waals surface area contributed by atoms with Crippen LogP contribution in [0.1, 0.15) is 21.7 Å². The molecule has 136 valence electrons. The fourth-order valence-corrected chi connectivity index (χ4v) is 3.12. The van der Waals surface area contributed by atoms with Gasteiger partial charge in [0.25, 0.3) is 5.91 Å². The molecule has 4 aromatic rings. The summed E-state index contributed by atoms with van der Waals surface area (Å²) >= 11 is 0. The molecule has 0 radical (unpaired) electrons. The van der Waals surface area contributed by atoms with Crippen molar-refractivity contribution in [3.8, 4) is 5.69 Å². The van der Waals surface area contributed by atoms with E-state index >= 15 is 0 Å². The molecule has 0 aliphatic carbocycles. The van der Waals surface area contributed by atoms with E-state index in [2.05, 4.69) is 10.4 Å². The molecule has 0 unspecified atom stereocenters. The summed E-state index contributed by atoms with van der Waals surface area (Å²) in [7, 11) is 1.60. The molecule has 0 spiro atoms. The Morgan fingerprint density at radius 1 is 1.15 bits per heavy atom. The maximum absolute atomic E-state index is 12.8. The molecule has 6 nitrogen and oxygen atoms in total. The van der Waals surface area contributed by atoms with Gasteiger partial charge in [0.1, 0.15) is 5.58 Å². The van der Waals surface area contributed by atoms with E-state index in [4.69, 9.17) is 9.15 Å². The third-order valence-electron chi connectivity index (χ3n) is 4.38. The first-order valence-corrected chi connectivity index (χ1v) is 8.63. The van der Waals surface area contributed by atoms with Gasteiger partial charge in [0, 0.05) is 37.0 Å². The van der Waals surface area contributed by atoms with Gasteiger partial charge in [-0.25, -0.2) is 4.68 Å². The molecule has 0 aliphatic heterocycles. The molecule has 0 atom stereocenters. The Hall–Kier alpha value is -3.38. The van der Waals surface area contributed by atoms with Gasteiger partial charge < -0.3 is 14.5 Å². The smallest absolute Gasteiger partial charge is 0.287 e. The molecule has 1 amide bonds. The Morgan fingerprint density at radius 2 is 1.96 bits per heavy atom. The van der Waals surface area contributed by atoms with E-state index in [9.17, 15) is 4.79 Å². The fourth-order valence-electron chi connectivity index (χ4n) is 3.12. The van der Waals surface area contributed by atoms with Crippen LogP contribution in [0.2, 0.25) is 0 Å². The zero-order valence-electron chi connectivity index (χ0n) is 14.9. The van der Waals surface area contributed by atoms with Crippen LogP contribution in [-0.4, -0.2) is 22.8 Å². The van der Waals surface area contributed by atoms with Crippen LogP contribution in [0.15, 0.2) is 71.4 Å². The summed E-state index contributed by atoms with van der Waals surface area (Å²) in [5, 5.41) is 8.11. The van der Waals surface area contributed by atoms with Crippen molar-refractivity contribution in [3.63, 3.8) is 0 Å². The van der Waals surface area contributed by atoms with E-state index in [0.29, 0.717) is 18.7 Å². The van der Waals surface area contributed by atoms with Crippen LogP contribution in [0.3, 0.4) is 0 Å². The highest BCUT2D eigenvalue weighted by Gasteiger charge is 2.20. The van der Waals surface area contributed by atoms with Crippen LogP contribution in [0.4, 0.5) is 0 Å². The van der Waals surface area contributed by atoms with E-state index in [0.717, 1.165) is 22.2 Å². The Kier molecular flexibility index (Phi) is 4.72. The summed E-state index contributed by atoms with van der Waals surface area (Å²) < 4.78 is 12.8. The fraction of sp³-hybridized carbons (Fsp3) is 0.143. The van der Waals surface area contributed by atoms with Crippen molar-refractivity contribution in [1.29, 1.82) is 0 Å². The standard InChI is InChI=1S/C21H19N3O3/c1-26-14-17-16-8-3-5-10-19(16)27-20(17)21(25)22-13-15-7-2-4-9-18(15)24-12-6-11-23-24/h2-12H,13-14H2,1H3,(H,22,25). The average Bonchev–Trinajstić information content (AvgIpc) is 3.35. The predicted octanol–water partition coefficient (Wildman–Crippen LogP) is 3.69. The normalized spacial score (nSPS) is 11.0. The number of hydrogen-bond donors (Lipinski definition) is 1. The number of nitrogens with one attached hydrogen (secondary N) is 1. The predicted molar refractivity (Wildman–Crippen MR) is 102 cm³/mol. The lowest BCUT2D eigenvalue weighted by molar-refractivity contribution is 0.0918. The van der Waals surface area contributed by atoms with Crippen molar-refractivity contribution in [1.82, 2.24) is 15.1 Å². The summed E-state index contributed by atoms with van der Waals surface area (Å²) in [6.45, 7) is 0.669. The molecule has 2 aromatic carbocycles. The molecule has 0 saturated heterocycles. The number of carbonyl (C=O) groups excluding carboxylic acids is 1. The van der Waals surface area contributed by atoms with Gasteiger partial charge in [-0.05, 0) is 23.8 Å². The minimum Gasteiger partial charge on any atom is -0.451 e. The second-order valence-corrected chi connectivity index (χ2v) is 6.10. The molecule has 0 aliphatic rings. The Bertz CT molecular complexity index is 1070. The van der Waals surface area contributed by atoms with E-state index in [1.54, 1.807) is 18.0 Å². The molecular formula is C21H19N3O3. The molecule has 2 aromatic heterocycles. The second kappa shape index (κ2) is 7.47. The number of carbonyl (C=O) groups is 1. The Balaban J connectivity index is 1.59. The largest absolute Gasteiger partial charge is 0.451 e. The lowest BCUT2D eigenvalue weighted by Gasteiger charge is -2.10. The van der Waals surface area contributed by atoms with Crippen LogP contribution >= 0.6 is 0 Å². The van der Waals surface area contributed by atoms with Crippen LogP contribution in [0.5, 0.6) is 0 Å². The van der Waals surface area contributed by atoms with Crippen molar-refractivity contribution in [2.75, 3.05) is 7.11 Å². The van der Waals surface area contributed by atoms with Crippen LogP contribution in [0, 0.1) is 0 Å². The van der Waals surface area contributed by atoms with Crippen LogP contribution in [-0.2, 0) is 17.9 Å². The van der Waals surface area contributed by atoms with E-state index in [-0.39, 0.29) is 11.7 Å². The summed E-state index contributed by atoms with van der Waals surface area (Å²) in [6, 6.07) is 17.2. The maximum Gasteiger partial charge on any atom is 0.287 e. The number of amides is 1. The van der Waals surface area contributed by atoms with Gasteiger partial charge in [0.05, 0.1) is 12.3 Å². The third-order valence-corrected chi connectivity index (χ3v) is 4.38. The first kappa shape index (κ1) is 17.1. The number of ether oxygens (including phenoxy) is 1. The number of rotatable bonds is 6. The van der Waals surface area contributed by atoms with Crippen molar-refractivity contribution in [2.45, 2.75) is 13.2 Å². The van der Waals surface area contributed by atoms with Crippen molar-refractivity contribution < 1.29 is 13.9 Å². The lowest BCUT2D eigenvalue weighted by Crippen LogP contribution is -2.24. The quantitative estimate of drug-likeness (QED) is 0.569. The first-order chi connectivity index (χ1) is 13.3. The number of fused-ring (bicyclic) bond motifs is 1. The van der Waals surface area contributed by atoms with Crippen molar-refractivity contribution in [3.05, 3.63) is 83.9 Å². The SMILES string of the molecule is COCc1c(C(=O)NCc2ccccc2-n2cccn2)oc2ccccc12. The van der Waals surface area contributed by atoms with E-state index in [1.807, 2.05) is 60.8 Å². The highest BCUT2D eigenvalue weighted by molar-refractivity contribution is 5.99.